The first-order chi connectivity index (χ1) is 9.13. The molecule has 0 saturated carbocycles. The average molecular weight is 257 g/mol. The molecule has 0 unspecified atom stereocenters. The molecule has 0 aliphatic carbocycles. The zero-order chi connectivity index (χ0) is 13.7. The number of hydrogen-bond acceptors (Lipinski definition) is 3. The molecule has 2 rings (SSSR count). The van der Waals surface area contributed by atoms with Gasteiger partial charge in [-0.2, -0.15) is 0 Å². The lowest BCUT2D eigenvalue weighted by molar-refractivity contribution is 0.242. The Bertz CT molecular complexity index is 521. The van der Waals surface area contributed by atoms with E-state index in [4.69, 9.17) is 4.74 Å². The van der Waals surface area contributed by atoms with Gasteiger partial charge in [0.15, 0.2) is 0 Å². The van der Waals surface area contributed by atoms with Crippen molar-refractivity contribution < 1.29 is 9.84 Å². The largest absolute Gasteiger partial charge is 0.508 e. The van der Waals surface area contributed by atoms with Gasteiger partial charge >= 0.3 is 0 Å². The Kier molecular flexibility index (Phi) is 4.29. The Balaban J connectivity index is 1.97. The number of rotatable bonds is 5. The molecule has 0 aliphatic rings. The second kappa shape index (κ2) is 6.14. The molecule has 0 atom stereocenters. The molecule has 0 fully saturated rings. The van der Waals surface area contributed by atoms with Crippen LogP contribution in [0, 0.1) is 0 Å². The first kappa shape index (κ1) is 13.3. The minimum absolute atomic E-state index is 0.181. The van der Waals surface area contributed by atoms with Crippen LogP contribution in [0.3, 0.4) is 0 Å². The maximum atomic E-state index is 9.22. The highest BCUT2D eigenvalue weighted by Crippen LogP contribution is 2.17. The van der Waals surface area contributed by atoms with Crippen molar-refractivity contribution >= 4 is 5.69 Å². The molecule has 2 N–H and O–H groups in total. The zero-order valence-electron chi connectivity index (χ0n) is 11.3. The van der Waals surface area contributed by atoms with Crippen molar-refractivity contribution in [1.29, 1.82) is 0 Å². The van der Waals surface area contributed by atoms with Crippen molar-refractivity contribution in [1.82, 2.24) is 0 Å². The van der Waals surface area contributed by atoms with Crippen LogP contribution >= 0.6 is 0 Å². The minimum atomic E-state index is 0.181. The monoisotopic (exact) mass is 257 g/mol. The molecule has 19 heavy (non-hydrogen) atoms. The predicted octanol–water partition coefficient (Wildman–Crippen LogP) is 3.79. The number of aromatic hydroxyl groups is 1. The summed E-state index contributed by atoms with van der Waals surface area (Å²) in [4.78, 5) is 0. The van der Waals surface area contributed by atoms with Crippen LogP contribution in [0.25, 0.3) is 0 Å². The van der Waals surface area contributed by atoms with Gasteiger partial charge in [-0.3, -0.25) is 0 Å². The topological polar surface area (TPSA) is 41.5 Å². The summed E-state index contributed by atoms with van der Waals surface area (Å²) >= 11 is 0. The minimum Gasteiger partial charge on any atom is -0.508 e. The summed E-state index contributed by atoms with van der Waals surface area (Å²) in [6.07, 6.45) is 0.181. The second-order valence-electron chi connectivity index (χ2n) is 4.71. The number of hydrogen-bond donors (Lipinski definition) is 2. The van der Waals surface area contributed by atoms with E-state index in [-0.39, 0.29) is 11.9 Å². The quantitative estimate of drug-likeness (QED) is 0.801. The van der Waals surface area contributed by atoms with Crippen LogP contribution in [0.5, 0.6) is 11.5 Å². The molecule has 2 aromatic carbocycles. The van der Waals surface area contributed by atoms with E-state index in [1.165, 1.54) is 0 Å². The first-order valence-electron chi connectivity index (χ1n) is 6.42. The summed E-state index contributed by atoms with van der Waals surface area (Å²) < 4.78 is 5.66. The van der Waals surface area contributed by atoms with Crippen LogP contribution in [0.15, 0.2) is 48.5 Å². The fourth-order valence-corrected chi connectivity index (χ4v) is 1.78. The van der Waals surface area contributed by atoms with Gasteiger partial charge in [0.2, 0.25) is 0 Å². The molecule has 0 saturated heterocycles. The van der Waals surface area contributed by atoms with Crippen molar-refractivity contribution in [3.8, 4) is 11.5 Å². The van der Waals surface area contributed by atoms with E-state index in [0.29, 0.717) is 0 Å². The molecule has 0 aromatic heterocycles. The summed E-state index contributed by atoms with van der Waals surface area (Å²) in [5.41, 5.74) is 2.14. The van der Waals surface area contributed by atoms with Gasteiger partial charge < -0.3 is 15.2 Å². The normalized spacial score (nSPS) is 10.5. The highest BCUT2D eigenvalue weighted by atomic mass is 16.5. The van der Waals surface area contributed by atoms with E-state index in [9.17, 15) is 5.11 Å². The van der Waals surface area contributed by atoms with Crippen molar-refractivity contribution in [2.75, 3.05) is 5.32 Å². The fraction of sp³-hybridized carbons (Fsp3) is 0.250. The zero-order valence-corrected chi connectivity index (χ0v) is 11.3. The molecular weight excluding hydrogens is 238 g/mol. The standard InChI is InChI=1S/C16H19NO2/c1-12(2)19-16-5-3-4-13(10-16)11-17-14-6-8-15(18)9-7-14/h3-10,12,17-18H,11H2,1-2H3. The Morgan fingerprint density at radius 1 is 1.11 bits per heavy atom. The molecule has 2 aromatic rings. The lowest BCUT2D eigenvalue weighted by atomic mass is 10.2. The number of nitrogens with one attached hydrogen (secondary N) is 1. The number of benzene rings is 2. The van der Waals surface area contributed by atoms with Crippen molar-refractivity contribution in [2.24, 2.45) is 0 Å². The first-order valence-corrected chi connectivity index (χ1v) is 6.42. The van der Waals surface area contributed by atoms with E-state index in [0.717, 1.165) is 23.5 Å². The van der Waals surface area contributed by atoms with Gasteiger partial charge in [-0.05, 0) is 55.8 Å². The molecule has 0 aliphatic heterocycles. The molecule has 0 radical (unpaired) electrons. The summed E-state index contributed by atoms with van der Waals surface area (Å²) in [5.74, 6) is 1.16. The van der Waals surface area contributed by atoms with Gasteiger partial charge in [-0.15, -0.1) is 0 Å². The van der Waals surface area contributed by atoms with E-state index in [1.807, 2.05) is 44.2 Å². The number of anilines is 1. The lowest BCUT2D eigenvalue weighted by Crippen LogP contribution is -2.06. The van der Waals surface area contributed by atoms with Crippen LogP contribution in [-0.4, -0.2) is 11.2 Å². The van der Waals surface area contributed by atoms with E-state index >= 15 is 0 Å². The molecule has 0 spiro atoms. The maximum absolute atomic E-state index is 9.22. The Morgan fingerprint density at radius 2 is 1.84 bits per heavy atom. The smallest absolute Gasteiger partial charge is 0.120 e. The van der Waals surface area contributed by atoms with Gasteiger partial charge in [0.05, 0.1) is 6.10 Å². The van der Waals surface area contributed by atoms with Crippen LogP contribution in [0.1, 0.15) is 19.4 Å². The number of ether oxygens (including phenoxy) is 1. The molecule has 3 nitrogen and oxygen atoms in total. The van der Waals surface area contributed by atoms with Gasteiger partial charge in [0, 0.05) is 12.2 Å². The summed E-state index contributed by atoms with van der Waals surface area (Å²) in [7, 11) is 0. The summed E-state index contributed by atoms with van der Waals surface area (Å²) in [5, 5.41) is 12.5. The maximum Gasteiger partial charge on any atom is 0.120 e. The van der Waals surface area contributed by atoms with Gasteiger partial charge in [0.1, 0.15) is 11.5 Å². The van der Waals surface area contributed by atoms with Crippen LogP contribution in [0.4, 0.5) is 5.69 Å². The third-order valence-electron chi connectivity index (χ3n) is 2.63. The number of phenolic OH excluding ortho intramolecular Hbond substituents is 1. The SMILES string of the molecule is CC(C)Oc1cccc(CNc2ccc(O)cc2)c1. The van der Waals surface area contributed by atoms with Gasteiger partial charge in [-0.25, -0.2) is 0 Å². The van der Waals surface area contributed by atoms with Crippen LogP contribution in [-0.2, 0) is 6.54 Å². The Morgan fingerprint density at radius 3 is 2.53 bits per heavy atom. The highest BCUT2D eigenvalue weighted by molar-refractivity contribution is 5.46. The van der Waals surface area contributed by atoms with Gasteiger partial charge in [-0.1, -0.05) is 12.1 Å². The molecule has 0 amide bonds. The van der Waals surface area contributed by atoms with Crippen LogP contribution in [0.2, 0.25) is 0 Å². The molecule has 100 valence electrons. The summed E-state index contributed by atoms with van der Waals surface area (Å²) in [6.45, 7) is 4.75. The molecule has 0 heterocycles. The van der Waals surface area contributed by atoms with E-state index in [1.54, 1.807) is 12.1 Å². The predicted molar refractivity (Wildman–Crippen MR) is 77.6 cm³/mol. The van der Waals surface area contributed by atoms with Gasteiger partial charge in [0.25, 0.3) is 0 Å². The van der Waals surface area contributed by atoms with Crippen molar-refractivity contribution in [2.45, 2.75) is 26.5 Å². The highest BCUT2D eigenvalue weighted by Gasteiger charge is 2.00. The van der Waals surface area contributed by atoms with E-state index in [2.05, 4.69) is 11.4 Å². The number of phenols is 1. The molecule has 0 bridgehead atoms. The van der Waals surface area contributed by atoms with Crippen molar-refractivity contribution in [3.63, 3.8) is 0 Å². The fourth-order valence-electron chi connectivity index (χ4n) is 1.78. The average Bonchev–Trinajstić information content (AvgIpc) is 2.38. The molecular formula is C16H19NO2. The van der Waals surface area contributed by atoms with Crippen LogP contribution < -0.4 is 10.1 Å². The summed E-state index contributed by atoms with van der Waals surface area (Å²) in [6, 6.07) is 15.1. The van der Waals surface area contributed by atoms with Crippen molar-refractivity contribution in [3.05, 3.63) is 54.1 Å². The third-order valence-corrected chi connectivity index (χ3v) is 2.63. The van der Waals surface area contributed by atoms with E-state index < -0.39 is 0 Å². The molecule has 3 heteroatoms. The Hall–Kier alpha value is -2.16. The second-order valence-corrected chi connectivity index (χ2v) is 4.71. The lowest BCUT2D eigenvalue weighted by Gasteiger charge is -2.11. The Labute approximate surface area is 113 Å². The third kappa shape index (κ3) is 4.21.